The van der Waals surface area contributed by atoms with Gasteiger partial charge in [0, 0.05) is 5.69 Å². The zero-order valence-corrected chi connectivity index (χ0v) is 8.30. The lowest BCUT2D eigenvalue weighted by atomic mass is 10.2. The Morgan fingerprint density at radius 3 is 1.92 bits per heavy atom. The first kappa shape index (κ1) is 13.4. The topological polar surface area (TPSA) is 26.0 Å². The highest BCUT2D eigenvalue weighted by Gasteiger charge is 1.81. The minimum Gasteiger partial charge on any atom is -0.399 e. The standard InChI is InChI=1S/C7H9N.C2H6.C2H4/c1-6-3-2-4-7(8)5-6;2*1-2/h2-5H,8H2,1H3;1-2H3;1-2H2. The van der Waals surface area contributed by atoms with Crippen LogP contribution in [-0.2, 0) is 0 Å². The van der Waals surface area contributed by atoms with Crippen molar-refractivity contribution in [3.8, 4) is 0 Å². The number of aryl methyl sites for hydroxylation is 1. The van der Waals surface area contributed by atoms with Gasteiger partial charge in [0.1, 0.15) is 0 Å². The molecule has 0 bridgehead atoms. The summed E-state index contributed by atoms with van der Waals surface area (Å²) in [5, 5.41) is 0. The Bertz CT molecular complexity index is 177. The van der Waals surface area contributed by atoms with E-state index in [9.17, 15) is 0 Å². The van der Waals surface area contributed by atoms with Crippen LogP contribution in [0.4, 0.5) is 5.69 Å². The van der Waals surface area contributed by atoms with Crippen LogP contribution in [0.5, 0.6) is 0 Å². The highest BCUT2D eigenvalue weighted by Crippen LogP contribution is 2.03. The normalized spacial score (nSPS) is 6.92. The third kappa shape index (κ3) is 6.87. The lowest BCUT2D eigenvalue weighted by molar-refractivity contribution is 1.47. The molecular weight excluding hydrogens is 146 g/mol. The molecule has 0 aliphatic heterocycles. The predicted octanol–water partition coefficient (Wildman–Crippen LogP) is 3.41. The number of hydrogen-bond donors (Lipinski definition) is 1. The Morgan fingerprint density at radius 2 is 1.67 bits per heavy atom. The number of hydrogen-bond acceptors (Lipinski definition) is 1. The van der Waals surface area contributed by atoms with E-state index < -0.39 is 0 Å². The molecule has 0 atom stereocenters. The maximum absolute atomic E-state index is 5.46. The van der Waals surface area contributed by atoms with Crippen molar-refractivity contribution in [3.63, 3.8) is 0 Å². The Balaban J connectivity index is 0. The second kappa shape index (κ2) is 9.76. The number of nitrogens with two attached hydrogens (primary N) is 1. The van der Waals surface area contributed by atoms with E-state index in [1.807, 2.05) is 45.0 Å². The molecule has 0 unspecified atom stereocenters. The third-order valence-electron chi connectivity index (χ3n) is 1.04. The van der Waals surface area contributed by atoms with Gasteiger partial charge in [0.25, 0.3) is 0 Å². The fourth-order valence-corrected chi connectivity index (χ4v) is 0.670. The van der Waals surface area contributed by atoms with Gasteiger partial charge in [0.05, 0.1) is 0 Å². The Morgan fingerprint density at radius 1 is 1.17 bits per heavy atom. The summed E-state index contributed by atoms with van der Waals surface area (Å²) >= 11 is 0. The van der Waals surface area contributed by atoms with E-state index in [4.69, 9.17) is 5.73 Å². The summed E-state index contributed by atoms with van der Waals surface area (Å²) in [5.74, 6) is 0. The summed E-state index contributed by atoms with van der Waals surface area (Å²) in [6, 6.07) is 7.80. The van der Waals surface area contributed by atoms with E-state index in [1.165, 1.54) is 5.56 Å². The van der Waals surface area contributed by atoms with Crippen LogP contribution in [0.3, 0.4) is 0 Å². The first-order valence-electron chi connectivity index (χ1n) is 4.11. The van der Waals surface area contributed by atoms with Crippen molar-refractivity contribution >= 4 is 5.69 Å². The predicted molar refractivity (Wildman–Crippen MR) is 58.2 cm³/mol. The van der Waals surface area contributed by atoms with Gasteiger partial charge in [-0.05, 0) is 24.6 Å². The molecule has 1 aromatic carbocycles. The maximum Gasteiger partial charge on any atom is 0.0316 e. The molecule has 0 aliphatic carbocycles. The molecule has 0 radical (unpaired) electrons. The smallest absolute Gasteiger partial charge is 0.0316 e. The number of rotatable bonds is 0. The van der Waals surface area contributed by atoms with Crippen molar-refractivity contribution in [1.82, 2.24) is 0 Å². The summed E-state index contributed by atoms with van der Waals surface area (Å²) < 4.78 is 0. The fourth-order valence-electron chi connectivity index (χ4n) is 0.670. The molecule has 0 heterocycles. The van der Waals surface area contributed by atoms with Crippen molar-refractivity contribution in [2.24, 2.45) is 0 Å². The summed E-state index contributed by atoms with van der Waals surface area (Å²) in [6.07, 6.45) is 0. The van der Waals surface area contributed by atoms with E-state index in [-0.39, 0.29) is 0 Å². The zero-order valence-electron chi connectivity index (χ0n) is 8.30. The molecule has 12 heavy (non-hydrogen) atoms. The molecule has 0 aromatic heterocycles. The largest absolute Gasteiger partial charge is 0.399 e. The lowest BCUT2D eigenvalue weighted by Gasteiger charge is -1.91. The SMILES string of the molecule is C=C.CC.Cc1cccc(N)c1. The number of anilines is 1. The van der Waals surface area contributed by atoms with E-state index in [1.54, 1.807) is 0 Å². The van der Waals surface area contributed by atoms with Crippen LogP contribution >= 0.6 is 0 Å². The van der Waals surface area contributed by atoms with Gasteiger partial charge in [0.15, 0.2) is 0 Å². The fraction of sp³-hybridized carbons (Fsp3) is 0.273. The van der Waals surface area contributed by atoms with Crippen LogP contribution < -0.4 is 5.73 Å². The maximum atomic E-state index is 5.46. The quantitative estimate of drug-likeness (QED) is 0.462. The summed E-state index contributed by atoms with van der Waals surface area (Å²) in [7, 11) is 0. The molecular formula is C11H19N. The molecule has 1 rings (SSSR count). The molecule has 2 N–H and O–H groups in total. The number of benzene rings is 1. The lowest BCUT2D eigenvalue weighted by Crippen LogP contribution is -1.82. The van der Waals surface area contributed by atoms with Crippen molar-refractivity contribution < 1.29 is 0 Å². The zero-order chi connectivity index (χ0) is 9.98. The van der Waals surface area contributed by atoms with Crippen LogP contribution in [0.2, 0.25) is 0 Å². The molecule has 0 spiro atoms. The van der Waals surface area contributed by atoms with Crippen molar-refractivity contribution in [3.05, 3.63) is 43.0 Å². The Labute approximate surface area is 75.9 Å². The molecule has 0 saturated heterocycles. The molecule has 0 aliphatic rings. The van der Waals surface area contributed by atoms with Gasteiger partial charge < -0.3 is 5.73 Å². The van der Waals surface area contributed by atoms with Gasteiger partial charge in [-0.3, -0.25) is 0 Å². The average molecular weight is 165 g/mol. The summed E-state index contributed by atoms with van der Waals surface area (Å²) in [5.41, 5.74) is 7.51. The van der Waals surface area contributed by atoms with Crippen molar-refractivity contribution in [2.75, 3.05) is 5.73 Å². The second-order valence-electron chi connectivity index (χ2n) is 1.91. The summed E-state index contributed by atoms with van der Waals surface area (Å²) in [4.78, 5) is 0. The van der Waals surface area contributed by atoms with Crippen LogP contribution in [0.25, 0.3) is 0 Å². The van der Waals surface area contributed by atoms with Gasteiger partial charge >= 0.3 is 0 Å². The monoisotopic (exact) mass is 165 g/mol. The average Bonchev–Trinajstić information content (AvgIpc) is 2.11. The Hall–Kier alpha value is -1.24. The van der Waals surface area contributed by atoms with Gasteiger partial charge in [0.2, 0.25) is 0 Å². The first-order chi connectivity index (χ1) is 5.79. The highest BCUT2D eigenvalue weighted by molar-refractivity contribution is 5.39. The molecule has 68 valence electrons. The van der Waals surface area contributed by atoms with E-state index in [2.05, 4.69) is 13.2 Å². The van der Waals surface area contributed by atoms with Crippen molar-refractivity contribution in [1.29, 1.82) is 0 Å². The minimum atomic E-state index is 0.838. The number of nitrogen functional groups attached to an aromatic ring is 1. The van der Waals surface area contributed by atoms with E-state index in [0.717, 1.165) is 5.69 Å². The van der Waals surface area contributed by atoms with E-state index in [0.29, 0.717) is 0 Å². The van der Waals surface area contributed by atoms with Gasteiger partial charge in [-0.25, -0.2) is 0 Å². The second-order valence-corrected chi connectivity index (χ2v) is 1.91. The summed E-state index contributed by atoms with van der Waals surface area (Å²) in [6.45, 7) is 12.0. The first-order valence-corrected chi connectivity index (χ1v) is 4.11. The molecule has 0 saturated carbocycles. The van der Waals surface area contributed by atoms with Gasteiger partial charge in [-0.15, -0.1) is 13.2 Å². The highest BCUT2D eigenvalue weighted by atomic mass is 14.5. The molecule has 0 fully saturated rings. The Kier molecular flexibility index (Phi) is 10.9. The van der Waals surface area contributed by atoms with E-state index >= 15 is 0 Å². The van der Waals surface area contributed by atoms with Crippen molar-refractivity contribution in [2.45, 2.75) is 20.8 Å². The van der Waals surface area contributed by atoms with Crippen LogP contribution in [0.15, 0.2) is 37.4 Å². The van der Waals surface area contributed by atoms with Gasteiger partial charge in [-0.1, -0.05) is 26.0 Å². The van der Waals surface area contributed by atoms with Crippen LogP contribution in [0.1, 0.15) is 19.4 Å². The minimum absolute atomic E-state index is 0.838. The van der Waals surface area contributed by atoms with Crippen LogP contribution in [0, 0.1) is 6.92 Å². The molecule has 1 aromatic rings. The molecule has 1 nitrogen and oxygen atoms in total. The van der Waals surface area contributed by atoms with Crippen LogP contribution in [-0.4, -0.2) is 0 Å². The third-order valence-corrected chi connectivity index (χ3v) is 1.04. The molecule has 1 heteroatoms. The van der Waals surface area contributed by atoms with Gasteiger partial charge in [-0.2, -0.15) is 0 Å². The molecule has 0 amide bonds.